The Morgan fingerprint density at radius 2 is 2.04 bits per heavy atom. The van der Waals surface area contributed by atoms with E-state index in [1.165, 1.54) is 0 Å². The molecule has 0 N–H and O–H groups in total. The van der Waals surface area contributed by atoms with Gasteiger partial charge in [0.15, 0.2) is 5.78 Å². The molecule has 0 saturated carbocycles. The van der Waals surface area contributed by atoms with Crippen LogP contribution in [0.15, 0.2) is 36.1 Å². The van der Waals surface area contributed by atoms with Crippen molar-refractivity contribution in [1.29, 1.82) is 0 Å². The lowest BCUT2D eigenvalue weighted by Crippen LogP contribution is -2.53. The third-order valence-corrected chi connectivity index (χ3v) is 5.45. The molecule has 3 aliphatic rings. The van der Waals surface area contributed by atoms with Crippen LogP contribution in [0, 0.1) is 11.8 Å². The summed E-state index contributed by atoms with van der Waals surface area (Å²) in [7, 11) is 0. The van der Waals surface area contributed by atoms with Gasteiger partial charge in [-0.3, -0.25) is 14.5 Å². The highest BCUT2D eigenvalue weighted by Gasteiger charge is 2.49. The van der Waals surface area contributed by atoms with Crippen LogP contribution in [-0.2, 0) is 9.53 Å². The first-order chi connectivity index (χ1) is 12.2. The maximum Gasteiger partial charge on any atom is 0.310 e. The molecular weight excluding hydrogens is 318 g/mol. The highest BCUT2D eigenvalue weighted by molar-refractivity contribution is 6.04. The number of ether oxygens (including phenoxy) is 2. The third-order valence-electron chi connectivity index (χ3n) is 5.45. The van der Waals surface area contributed by atoms with Crippen molar-refractivity contribution in [3.8, 4) is 5.75 Å². The van der Waals surface area contributed by atoms with E-state index >= 15 is 0 Å². The highest BCUT2D eigenvalue weighted by atomic mass is 16.5. The van der Waals surface area contributed by atoms with Crippen LogP contribution in [0.2, 0.25) is 0 Å². The average molecular weight is 341 g/mol. The molecule has 2 heterocycles. The van der Waals surface area contributed by atoms with E-state index in [-0.39, 0.29) is 23.7 Å². The van der Waals surface area contributed by atoms with E-state index in [1.54, 1.807) is 0 Å². The van der Waals surface area contributed by atoms with Crippen LogP contribution >= 0.6 is 0 Å². The van der Waals surface area contributed by atoms with Gasteiger partial charge in [-0.1, -0.05) is 12.1 Å². The van der Waals surface area contributed by atoms with Gasteiger partial charge in [-0.05, 0) is 57.5 Å². The monoisotopic (exact) mass is 341 g/mol. The minimum atomic E-state index is -0.420. The largest absolute Gasteiger partial charge is 0.466 e. The lowest BCUT2D eigenvalue weighted by Gasteiger charge is -2.43. The predicted molar refractivity (Wildman–Crippen MR) is 92.3 cm³/mol. The molecule has 0 bridgehead atoms. The fourth-order valence-electron chi connectivity index (χ4n) is 4.34. The number of carbonyl (C=O) groups is 2. The topological polar surface area (TPSA) is 55.8 Å². The molecular formula is C20H23NO4. The summed E-state index contributed by atoms with van der Waals surface area (Å²) in [6, 6.07) is 7.18. The number of hydrogen-bond donors (Lipinski definition) is 0. The van der Waals surface area contributed by atoms with Crippen LogP contribution in [0.4, 0.5) is 0 Å². The zero-order valence-electron chi connectivity index (χ0n) is 14.4. The summed E-state index contributed by atoms with van der Waals surface area (Å²) >= 11 is 0. The standard InChI is InChI=1S/C20H23NO4/c1-2-24-20(23)14-9-10-16-17(18(14)21-11-5-6-12-21)19(22)13-7-3-4-8-15(13)25-16/h3-4,7-8,10,14,17-18H,2,5-6,9,11-12H2,1H3/t14-,17-,18+/m0/s1. The second-order valence-corrected chi connectivity index (χ2v) is 6.87. The minimum Gasteiger partial charge on any atom is -0.466 e. The van der Waals surface area contributed by atoms with Crippen molar-refractivity contribution in [2.24, 2.45) is 11.8 Å². The first-order valence-electron chi connectivity index (χ1n) is 9.12. The zero-order valence-corrected chi connectivity index (χ0v) is 14.4. The third kappa shape index (κ3) is 2.76. The van der Waals surface area contributed by atoms with Crippen LogP contribution in [0.25, 0.3) is 0 Å². The van der Waals surface area contributed by atoms with Gasteiger partial charge in [-0.25, -0.2) is 0 Å². The molecule has 0 aromatic heterocycles. The molecule has 1 fully saturated rings. The molecule has 132 valence electrons. The van der Waals surface area contributed by atoms with Crippen molar-refractivity contribution < 1.29 is 19.1 Å². The Kier molecular flexibility index (Phi) is 4.34. The Morgan fingerprint density at radius 1 is 1.28 bits per heavy atom. The fourth-order valence-corrected chi connectivity index (χ4v) is 4.34. The molecule has 0 radical (unpaired) electrons. The van der Waals surface area contributed by atoms with E-state index < -0.39 is 5.92 Å². The van der Waals surface area contributed by atoms with E-state index in [0.717, 1.165) is 25.9 Å². The molecule has 5 heteroatoms. The normalized spacial score (nSPS) is 28.6. The quantitative estimate of drug-likeness (QED) is 0.791. The summed E-state index contributed by atoms with van der Waals surface area (Å²) in [6.45, 7) is 4.01. The van der Waals surface area contributed by atoms with Gasteiger partial charge in [0.2, 0.25) is 0 Å². The number of nitrogens with zero attached hydrogens (tertiary/aromatic N) is 1. The molecule has 0 unspecified atom stereocenters. The Balaban J connectivity index is 1.74. The number of fused-ring (bicyclic) bond motifs is 2. The molecule has 1 aromatic rings. The van der Waals surface area contributed by atoms with Crippen LogP contribution in [0.5, 0.6) is 5.75 Å². The van der Waals surface area contributed by atoms with Gasteiger partial charge >= 0.3 is 5.97 Å². The lowest BCUT2D eigenvalue weighted by atomic mass is 9.74. The molecule has 1 saturated heterocycles. The Hall–Kier alpha value is -2.14. The number of rotatable bonds is 3. The summed E-state index contributed by atoms with van der Waals surface area (Å²) < 4.78 is 11.4. The van der Waals surface area contributed by atoms with Crippen LogP contribution in [0.1, 0.15) is 36.5 Å². The van der Waals surface area contributed by atoms with Crippen molar-refractivity contribution in [2.45, 2.75) is 32.2 Å². The van der Waals surface area contributed by atoms with Gasteiger partial charge in [0.25, 0.3) is 0 Å². The number of likely N-dealkylation sites (tertiary alicyclic amines) is 1. The SMILES string of the molecule is CCOC(=O)[C@H]1CC=C2Oc3ccccc3C(=O)[C@@H]2[C@@H]1N1CCCC1. The smallest absolute Gasteiger partial charge is 0.310 e. The number of hydrogen-bond acceptors (Lipinski definition) is 5. The molecule has 0 spiro atoms. The highest BCUT2D eigenvalue weighted by Crippen LogP contribution is 2.43. The van der Waals surface area contributed by atoms with Gasteiger partial charge in [-0.2, -0.15) is 0 Å². The molecule has 1 aliphatic carbocycles. The van der Waals surface area contributed by atoms with Crippen LogP contribution < -0.4 is 4.74 Å². The summed E-state index contributed by atoms with van der Waals surface area (Å²) in [5.41, 5.74) is 0.610. The minimum absolute atomic E-state index is 0.0546. The molecule has 0 amide bonds. The van der Waals surface area contributed by atoms with Crippen molar-refractivity contribution >= 4 is 11.8 Å². The molecule has 2 aliphatic heterocycles. The summed E-state index contributed by atoms with van der Waals surface area (Å²) in [6.07, 6.45) is 4.67. The molecule has 4 rings (SSSR count). The second kappa shape index (κ2) is 6.64. The Labute approximate surface area is 147 Å². The maximum atomic E-state index is 13.2. The van der Waals surface area contributed by atoms with Crippen molar-refractivity contribution in [2.75, 3.05) is 19.7 Å². The maximum absolute atomic E-state index is 13.2. The number of carbonyl (C=O) groups excluding carboxylic acids is 2. The van der Waals surface area contributed by atoms with Crippen molar-refractivity contribution in [3.05, 3.63) is 41.7 Å². The number of esters is 1. The van der Waals surface area contributed by atoms with E-state index in [2.05, 4.69) is 4.90 Å². The zero-order chi connectivity index (χ0) is 17.4. The average Bonchev–Trinajstić information content (AvgIpc) is 3.15. The number of benzene rings is 1. The number of ketones is 1. The van der Waals surface area contributed by atoms with Crippen molar-refractivity contribution in [3.63, 3.8) is 0 Å². The molecule has 5 nitrogen and oxygen atoms in total. The summed E-state index contributed by atoms with van der Waals surface area (Å²) in [5.74, 6) is 0.423. The van der Waals surface area contributed by atoms with Gasteiger partial charge in [0, 0.05) is 6.04 Å². The summed E-state index contributed by atoms with van der Waals surface area (Å²) in [5, 5.41) is 0. The predicted octanol–water partition coefficient (Wildman–Crippen LogP) is 2.81. The summed E-state index contributed by atoms with van der Waals surface area (Å²) in [4.78, 5) is 28.1. The molecule has 3 atom stereocenters. The van der Waals surface area contributed by atoms with Gasteiger partial charge in [-0.15, -0.1) is 0 Å². The Bertz CT molecular complexity index is 720. The first-order valence-corrected chi connectivity index (χ1v) is 9.12. The molecule has 25 heavy (non-hydrogen) atoms. The van der Waals surface area contributed by atoms with E-state index in [1.807, 2.05) is 37.3 Å². The van der Waals surface area contributed by atoms with Gasteiger partial charge in [0.05, 0.1) is 24.0 Å². The lowest BCUT2D eigenvalue weighted by molar-refractivity contribution is -0.151. The number of allylic oxidation sites excluding steroid dienone is 1. The van der Waals surface area contributed by atoms with Crippen molar-refractivity contribution in [1.82, 2.24) is 4.90 Å². The first kappa shape index (κ1) is 16.3. The number of para-hydroxylation sites is 1. The molecule has 1 aromatic carbocycles. The van der Waals surface area contributed by atoms with Gasteiger partial charge in [0.1, 0.15) is 11.5 Å². The Morgan fingerprint density at radius 3 is 2.80 bits per heavy atom. The second-order valence-electron chi connectivity index (χ2n) is 6.87. The van der Waals surface area contributed by atoms with Crippen LogP contribution in [-0.4, -0.2) is 42.4 Å². The van der Waals surface area contributed by atoms with Gasteiger partial charge < -0.3 is 9.47 Å². The van der Waals surface area contributed by atoms with E-state index in [4.69, 9.17) is 9.47 Å². The van der Waals surface area contributed by atoms with E-state index in [0.29, 0.717) is 30.1 Å². The van der Waals surface area contributed by atoms with Crippen LogP contribution in [0.3, 0.4) is 0 Å². The number of Topliss-reactive ketones (excluding diaryl/α,β-unsaturated/α-hetero) is 1. The van der Waals surface area contributed by atoms with E-state index in [9.17, 15) is 9.59 Å². The fraction of sp³-hybridized carbons (Fsp3) is 0.500.